The van der Waals surface area contributed by atoms with Crippen LogP contribution in [-0.2, 0) is 20.0 Å². The Morgan fingerprint density at radius 3 is 2.47 bits per heavy atom. The number of halogens is 1. The molecule has 2 aliphatic rings. The number of nitrogens with one attached hydrogen (secondary N) is 1. The van der Waals surface area contributed by atoms with Crippen molar-refractivity contribution in [3.63, 3.8) is 0 Å². The second-order valence-corrected chi connectivity index (χ2v) is 12.6. The number of rotatable bonds is 8. The third-order valence-electron chi connectivity index (χ3n) is 6.94. The molecule has 0 atom stereocenters. The first-order chi connectivity index (χ1) is 16.2. The van der Waals surface area contributed by atoms with Gasteiger partial charge in [-0.3, -0.25) is 4.79 Å². The Hall–Kier alpha value is -2.43. The van der Waals surface area contributed by atoms with Gasteiger partial charge < -0.3 is 5.32 Å². The minimum atomic E-state index is -3.31. The van der Waals surface area contributed by atoms with Gasteiger partial charge in [0.25, 0.3) is 5.91 Å². The molecule has 0 spiro atoms. The van der Waals surface area contributed by atoms with Crippen LogP contribution >= 0.6 is 23.1 Å². The van der Waals surface area contributed by atoms with Crippen molar-refractivity contribution < 1.29 is 13.2 Å². The first-order valence-electron chi connectivity index (χ1n) is 11.1. The molecule has 2 heterocycles. The summed E-state index contributed by atoms with van der Waals surface area (Å²) in [5.74, 6) is 0.578. The van der Waals surface area contributed by atoms with Crippen molar-refractivity contribution in [2.45, 2.75) is 48.7 Å². The van der Waals surface area contributed by atoms with Gasteiger partial charge in [0.05, 0.1) is 5.69 Å². The zero-order valence-electron chi connectivity index (χ0n) is 18.6. The molecule has 2 aromatic heterocycles. The molecule has 178 valence electrons. The highest BCUT2D eigenvalue weighted by Gasteiger charge is 2.57. The van der Waals surface area contributed by atoms with Gasteiger partial charge in [0.2, 0.25) is 5.01 Å². The normalized spacial score (nSPS) is 18.2. The lowest BCUT2D eigenvalue weighted by molar-refractivity contribution is 0.0944. The Morgan fingerprint density at radius 1 is 1.12 bits per heavy atom. The quantitative estimate of drug-likeness (QED) is 0.481. The molecule has 0 aliphatic heterocycles. The molecule has 1 aromatic carbocycles. The van der Waals surface area contributed by atoms with E-state index in [1.807, 2.05) is 30.3 Å². The molecule has 34 heavy (non-hydrogen) atoms. The van der Waals surface area contributed by atoms with E-state index in [0.717, 1.165) is 48.5 Å². The molecule has 2 aliphatic carbocycles. The molecule has 8 nitrogen and oxygen atoms in total. The van der Waals surface area contributed by atoms with Crippen LogP contribution in [-0.4, -0.2) is 46.5 Å². The number of carbonyl (C=O) groups excluding carboxylic acids is 1. The number of sulfone groups is 1. The van der Waals surface area contributed by atoms with Crippen molar-refractivity contribution in [3.05, 3.63) is 58.1 Å². The van der Waals surface area contributed by atoms with Gasteiger partial charge >= 0.3 is 0 Å². The average molecular weight is 518 g/mol. The van der Waals surface area contributed by atoms with Crippen LogP contribution in [0.2, 0.25) is 5.02 Å². The number of benzene rings is 1. The number of carbonyl (C=O) groups is 1. The third-order valence-corrected chi connectivity index (χ3v) is 9.92. The minimum Gasteiger partial charge on any atom is -0.350 e. The fourth-order valence-electron chi connectivity index (χ4n) is 4.50. The Morgan fingerprint density at radius 2 is 1.85 bits per heavy atom. The number of hydrogen-bond donors (Lipinski definition) is 1. The zero-order chi connectivity index (χ0) is 24.0. The van der Waals surface area contributed by atoms with E-state index in [-0.39, 0.29) is 22.2 Å². The average Bonchev–Trinajstić information content (AvgIpc) is 3.47. The van der Waals surface area contributed by atoms with E-state index in [2.05, 4.69) is 19.7 Å². The molecular formula is C23H24ClN5O3S2. The first kappa shape index (κ1) is 23.3. The lowest BCUT2D eigenvalue weighted by atomic mass is 9.64. The Labute approximate surface area is 207 Å². The topological polar surface area (TPSA) is 115 Å². The molecule has 3 aromatic rings. The maximum Gasteiger partial charge on any atom is 0.281 e. The van der Waals surface area contributed by atoms with Gasteiger partial charge in [0.1, 0.15) is 4.75 Å². The standard InChI is InChI=1S/C23H24ClN5O3S2/c1-34(31,32)23(10-11-23)21-28-20(33-29-21)19(30)26-14-12-22(8-2-9-22)17-7-13-25-18(27-17)15-3-5-16(24)6-4-15/h3-7,13H,2,8-12,14H2,1H3,(H,26,30). The van der Waals surface area contributed by atoms with E-state index in [9.17, 15) is 13.2 Å². The van der Waals surface area contributed by atoms with Gasteiger partial charge in [-0.1, -0.05) is 18.0 Å². The second kappa shape index (κ2) is 8.66. The highest BCUT2D eigenvalue weighted by atomic mass is 35.5. The van der Waals surface area contributed by atoms with Crippen LogP contribution in [0.3, 0.4) is 0 Å². The molecule has 2 fully saturated rings. The van der Waals surface area contributed by atoms with Gasteiger partial charge in [-0.05, 0) is 74.0 Å². The van der Waals surface area contributed by atoms with E-state index in [1.54, 1.807) is 6.20 Å². The predicted octanol–water partition coefficient (Wildman–Crippen LogP) is 3.92. The first-order valence-corrected chi connectivity index (χ1v) is 14.2. The fourth-order valence-corrected chi connectivity index (χ4v) is 6.62. The summed E-state index contributed by atoms with van der Waals surface area (Å²) in [5, 5.41) is 3.79. The summed E-state index contributed by atoms with van der Waals surface area (Å²) in [6.45, 7) is 0.464. The van der Waals surface area contributed by atoms with E-state index < -0.39 is 14.6 Å². The molecule has 0 saturated heterocycles. The maximum absolute atomic E-state index is 12.7. The zero-order valence-corrected chi connectivity index (χ0v) is 21.0. The largest absolute Gasteiger partial charge is 0.350 e. The molecular weight excluding hydrogens is 494 g/mol. The Balaban J connectivity index is 1.25. The number of hydrogen-bond acceptors (Lipinski definition) is 8. The molecule has 0 unspecified atom stereocenters. The monoisotopic (exact) mass is 517 g/mol. The molecule has 0 radical (unpaired) electrons. The summed E-state index contributed by atoms with van der Waals surface area (Å²) in [7, 11) is -3.31. The van der Waals surface area contributed by atoms with Gasteiger partial charge in [0, 0.05) is 35.0 Å². The summed E-state index contributed by atoms with van der Waals surface area (Å²) >= 11 is 6.95. The van der Waals surface area contributed by atoms with Crippen LogP contribution in [0.5, 0.6) is 0 Å². The van der Waals surface area contributed by atoms with Crippen LogP contribution in [0.4, 0.5) is 0 Å². The Bertz CT molecular complexity index is 1330. The van der Waals surface area contributed by atoms with Crippen LogP contribution in [0.1, 0.15) is 59.8 Å². The molecule has 1 N–H and O–H groups in total. The van der Waals surface area contributed by atoms with Gasteiger partial charge in [-0.25, -0.2) is 23.4 Å². The third kappa shape index (κ3) is 4.23. The van der Waals surface area contributed by atoms with Crippen molar-refractivity contribution in [1.82, 2.24) is 24.6 Å². The summed E-state index contributed by atoms with van der Waals surface area (Å²) in [4.78, 5) is 26.2. The Kier molecular flexibility index (Phi) is 5.94. The van der Waals surface area contributed by atoms with Crippen molar-refractivity contribution in [2.24, 2.45) is 0 Å². The lowest BCUT2D eigenvalue weighted by Crippen LogP contribution is -2.39. The second-order valence-electron chi connectivity index (χ2n) is 9.10. The van der Waals surface area contributed by atoms with E-state index >= 15 is 0 Å². The van der Waals surface area contributed by atoms with Crippen molar-refractivity contribution in [3.8, 4) is 11.4 Å². The molecule has 0 bridgehead atoms. The van der Waals surface area contributed by atoms with Gasteiger partial charge in [-0.2, -0.15) is 4.37 Å². The molecule has 11 heteroatoms. The summed E-state index contributed by atoms with van der Waals surface area (Å²) in [6.07, 6.45) is 7.84. The highest BCUT2D eigenvalue weighted by Crippen LogP contribution is 2.51. The summed E-state index contributed by atoms with van der Waals surface area (Å²) < 4.78 is 27.3. The van der Waals surface area contributed by atoms with Gasteiger partial charge in [0.15, 0.2) is 21.5 Å². The summed E-state index contributed by atoms with van der Waals surface area (Å²) in [5.41, 5.74) is 1.79. The highest BCUT2D eigenvalue weighted by molar-refractivity contribution is 7.91. The van der Waals surface area contributed by atoms with Crippen LogP contribution in [0, 0.1) is 0 Å². The fraction of sp³-hybridized carbons (Fsp3) is 0.435. The van der Waals surface area contributed by atoms with Crippen LogP contribution in [0.25, 0.3) is 11.4 Å². The number of nitrogens with zero attached hydrogens (tertiary/aromatic N) is 4. The molecule has 1 amide bonds. The van der Waals surface area contributed by atoms with Crippen LogP contribution < -0.4 is 5.32 Å². The van der Waals surface area contributed by atoms with E-state index in [1.165, 1.54) is 6.26 Å². The SMILES string of the molecule is CS(=O)(=O)C1(c2nsc(C(=O)NCCC3(c4ccnc(-c5ccc(Cl)cc5)n4)CCC3)n2)CC1. The van der Waals surface area contributed by atoms with Gasteiger partial charge in [-0.15, -0.1) is 0 Å². The van der Waals surface area contributed by atoms with Crippen molar-refractivity contribution in [2.75, 3.05) is 12.8 Å². The lowest BCUT2D eigenvalue weighted by Gasteiger charge is -2.41. The number of aromatic nitrogens is 4. The molecule has 5 rings (SSSR count). The van der Waals surface area contributed by atoms with Crippen molar-refractivity contribution in [1.29, 1.82) is 0 Å². The van der Waals surface area contributed by atoms with E-state index in [0.29, 0.717) is 30.2 Å². The predicted molar refractivity (Wildman–Crippen MR) is 131 cm³/mol. The number of amides is 1. The maximum atomic E-state index is 12.7. The molecule has 2 saturated carbocycles. The summed E-state index contributed by atoms with van der Waals surface area (Å²) in [6, 6.07) is 9.41. The van der Waals surface area contributed by atoms with E-state index in [4.69, 9.17) is 16.6 Å². The van der Waals surface area contributed by atoms with Crippen molar-refractivity contribution >= 4 is 38.9 Å². The minimum absolute atomic E-state index is 0.0992. The van der Waals surface area contributed by atoms with Crippen LogP contribution in [0.15, 0.2) is 36.5 Å². The smallest absolute Gasteiger partial charge is 0.281 e.